The van der Waals surface area contributed by atoms with Crippen LogP contribution in [0.15, 0.2) is 28.9 Å². The first-order valence-corrected chi connectivity index (χ1v) is 5.27. The van der Waals surface area contributed by atoms with Crippen molar-refractivity contribution in [2.45, 2.75) is 0 Å². The SMILES string of the molecule is Cn1cc(N)c(Oc2ccc(F)cc2Br)n1. The molecule has 2 rings (SSSR count). The summed E-state index contributed by atoms with van der Waals surface area (Å²) in [5.74, 6) is 0.426. The molecule has 1 aromatic carbocycles. The van der Waals surface area contributed by atoms with E-state index in [0.717, 1.165) is 0 Å². The van der Waals surface area contributed by atoms with Gasteiger partial charge in [0.1, 0.15) is 17.3 Å². The number of aromatic nitrogens is 2. The highest BCUT2D eigenvalue weighted by molar-refractivity contribution is 9.10. The molecule has 6 heteroatoms. The normalized spacial score (nSPS) is 10.4. The van der Waals surface area contributed by atoms with Crippen molar-refractivity contribution in [3.05, 3.63) is 34.7 Å². The monoisotopic (exact) mass is 285 g/mol. The van der Waals surface area contributed by atoms with Crippen LogP contribution < -0.4 is 10.5 Å². The van der Waals surface area contributed by atoms with Gasteiger partial charge in [-0.25, -0.2) is 4.39 Å². The largest absolute Gasteiger partial charge is 0.435 e. The maximum absolute atomic E-state index is 12.8. The molecule has 2 aromatic rings. The number of anilines is 1. The Kier molecular flexibility index (Phi) is 2.82. The maximum Gasteiger partial charge on any atom is 0.261 e. The van der Waals surface area contributed by atoms with Crippen molar-refractivity contribution < 1.29 is 9.13 Å². The van der Waals surface area contributed by atoms with Gasteiger partial charge in [0.15, 0.2) is 0 Å². The molecule has 0 saturated carbocycles. The van der Waals surface area contributed by atoms with Crippen LogP contribution >= 0.6 is 15.9 Å². The quantitative estimate of drug-likeness (QED) is 0.923. The van der Waals surface area contributed by atoms with E-state index < -0.39 is 0 Å². The second-order valence-corrected chi connectivity index (χ2v) is 4.09. The van der Waals surface area contributed by atoms with Gasteiger partial charge in [-0.15, -0.1) is 5.10 Å². The number of nitrogens with two attached hydrogens (primary N) is 1. The Labute approximate surface area is 99.9 Å². The second kappa shape index (κ2) is 4.13. The van der Waals surface area contributed by atoms with Gasteiger partial charge in [0.2, 0.25) is 0 Å². The van der Waals surface area contributed by atoms with Crippen LogP contribution in [0, 0.1) is 5.82 Å². The zero-order valence-electron chi connectivity index (χ0n) is 8.45. The van der Waals surface area contributed by atoms with E-state index in [-0.39, 0.29) is 5.82 Å². The van der Waals surface area contributed by atoms with E-state index in [1.54, 1.807) is 17.9 Å². The fourth-order valence-corrected chi connectivity index (χ4v) is 1.66. The van der Waals surface area contributed by atoms with Crippen LogP contribution in [0.5, 0.6) is 11.6 Å². The highest BCUT2D eigenvalue weighted by Gasteiger charge is 2.09. The Morgan fingerprint density at radius 3 is 2.81 bits per heavy atom. The molecule has 84 valence electrons. The summed E-state index contributed by atoms with van der Waals surface area (Å²) >= 11 is 3.20. The predicted octanol–water partition coefficient (Wildman–Crippen LogP) is 2.70. The third-order valence-corrected chi connectivity index (χ3v) is 2.54. The van der Waals surface area contributed by atoms with Crippen molar-refractivity contribution in [1.82, 2.24) is 9.78 Å². The lowest BCUT2D eigenvalue weighted by molar-refractivity contribution is 0.451. The summed E-state index contributed by atoms with van der Waals surface area (Å²) in [6.07, 6.45) is 1.63. The van der Waals surface area contributed by atoms with Gasteiger partial charge >= 0.3 is 0 Å². The number of hydrogen-bond donors (Lipinski definition) is 1. The lowest BCUT2D eigenvalue weighted by atomic mass is 10.3. The van der Waals surface area contributed by atoms with E-state index in [4.69, 9.17) is 10.5 Å². The molecule has 0 aliphatic carbocycles. The number of hydrogen-bond acceptors (Lipinski definition) is 3. The second-order valence-electron chi connectivity index (χ2n) is 3.24. The van der Waals surface area contributed by atoms with E-state index in [1.807, 2.05) is 0 Å². The van der Waals surface area contributed by atoms with Gasteiger partial charge in [-0.05, 0) is 34.1 Å². The minimum atomic E-state index is -0.340. The molecule has 0 amide bonds. The van der Waals surface area contributed by atoms with Crippen molar-refractivity contribution in [1.29, 1.82) is 0 Å². The molecule has 16 heavy (non-hydrogen) atoms. The summed E-state index contributed by atoms with van der Waals surface area (Å²) in [5, 5.41) is 4.02. The van der Waals surface area contributed by atoms with Gasteiger partial charge in [0.25, 0.3) is 5.88 Å². The maximum atomic E-state index is 12.8. The average molecular weight is 286 g/mol. The predicted molar refractivity (Wildman–Crippen MR) is 61.8 cm³/mol. The van der Waals surface area contributed by atoms with Crippen molar-refractivity contribution in [2.24, 2.45) is 7.05 Å². The Hall–Kier alpha value is -1.56. The Morgan fingerprint density at radius 2 is 2.25 bits per heavy atom. The number of ether oxygens (including phenoxy) is 1. The van der Waals surface area contributed by atoms with Crippen molar-refractivity contribution in [2.75, 3.05) is 5.73 Å². The third kappa shape index (κ3) is 2.16. The lowest BCUT2D eigenvalue weighted by Gasteiger charge is -2.05. The fourth-order valence-electron chi connectivity index (χ4n) is 1.23. The van der Waals surface area contributed by atoms with E-state index in [9.17, 15) is 4.39 Å². The minimum absolute atomic E-state index is 0.301. The first-order valence-electron chi connectivity index (χ1n) is 4.48. The summed E-state index contributed by atoms with van der Waals surface area (Å²) in [4.78, 5) is 0. The zero-order valence-corrected chi connectivity index (χ0v) is 10.0. The molecule has 0 atom stereocenters. The summed E-state index contributed by atoms with van der Waals surface area (Å²) in [6.45, 7) is 0. The molecule has 0 aliphatic heterocycles. The average Bonchev–Trinajstić information content (AvgIpc) is 2.50. The van der Waals surface area contributed by atoms with Crippen molar-refractivity contribution in [3.8, 4) is 11.6 Å². The van der Waals surface area contributed by atoms with Crippen LogP contribution in [0.4, 0.5) is 10.1 Å². The highest BCUT2D eigenvalue weighted by Crippen LogP contribution is 2.31. The van der Waals surface area contributed by atoms with Crippen LogP contribution in [0.3, 0.4) is 0 Å². The topological polar surface area (TPSA) is 53.1 Å². The molecule has 0 aliphatic rings. The van der Waals surface area contributed by atoms with Crippen LogP contribution in [0.25, 0.3) is 0 Å². The van der Waals surface area contributed by atoms with Crippen LogP contribution in [0.1, 0.15) is 0 Å². The Bertz CT molecular complexity index is 527. The highest BCUT2D eigenvalue weighted by atomic mass is 79.9. The van der Waals surface area contributed by atoms with Gasteiger partial charge in [0, 0.05) is 7.05 Å². The van der Waals surface area contributed by atoms with Gasteiger partial charge in [0.05, 0.1) is 10.7 Å². The molecule has 0 bridgehead atoms. The molecule has 0 unspecified atom stereocenters. The third-order valence-electron chi connectivity index (χ3n) is 1.92. The number of halogens is 2. The molecular weight excluding hydrogens is 277 g/mol. The molecule has 0 fully saturated rings. The number of benzene rings is 1. The first kappa shape index (κ1) is 10.9. The molecule has 0 saturated heterocycles. The molecule has 2 N–H and O–H groups in total. The first-order chi connectivity index (χ1) is 7.56. The number of nitrogen functional groups attached to an aromatic ring is 1. The van der Waals surface area contributed by atoms with Crippen LogP contribution in [-0.4, -0.2) is 9.78 Å². The van der Waals surface area contributed by atoms with E-state index in [2.05, 4.69) is 21.0 Å². The van der Waals surface area contributed by atoms with Gasteiger partial charge in [-0.3, -0.25) is 4.68 Å². The fraction of sp³-hybridized carbons (Fsp3) is 0.100. The summed E-state index contributed by atoms with van der Waals surface area (Å²) < 4.78 is 20.3. The standard InChI is InChI=1S/C10H9BrFN3O/c1-15-5-8(13)10(14-15)16-9-3-2-6(12)4-7(9)11/h2-5H,13H2,1H3. The Balaban J connectivity index is 2.30. The lowest BCUT2D eigenvalue weighted by Crippen LogP contribution is -1.92. The summed E-state index contributed by atoms with van der Waals surface area (Å²) in [6, 6.07) is 4.13. The van der Waals surface area contributed by atoms with Gasteiger partial charge in [-0.1, -0.05) is 0 Å². The smallest absolute Gasteiger partial charge is 0.261 e. The zero-order chi connectivity index (χ0) is 11.7. The van der Waals surface area contributed by atoms with Crippen LogP contribution in [-0.2, 0) is 7.05 Å². The molecule has 0 spiro atoms. The van der Waals surface area contributed by atoms with Crippen molar-refractivity contribution in [3.63, 3.8) is 0 Å². The molecule has 1 heterocycles. The van der Waals surface area contributed by atoms with Crippen molar-refractivity contribution >= 4 is 21.6 Å². The summed E-state index contributed by atoms with van der Waals surface area (Å²) in [7, 11) is 1.74. The number of rotatable bonds is 2. The van der Waals surface area contributed by atoms with E-state index in [0.29, 0.717) is 21.8 Å². The van der Waals surface area contributed by atoms with E-state index in [1.165, 1.54) is 18.2 Å². The molecule has 0 radical (unpaired) electrons. The van der Waals surface area contributed by atoms with Crippen LogP contribution in [0.2, 0.25) is 0 Å². The molecule has 1 aromatic heterocycles. The minimum Gasteiger partial charge on any atom is -0.435 e. The van der Waals surface area contributed by atoms with Gasteiger partial charge in [-0.2, -0.15) is 0 Å². The molecule has 4 nitrogen and oxygen atoms in total. The van der Waals surface area contributed by atoms with Gasteiger partial charge < -0.3 is 10.5 Å². The van der Waals surface area contributed by atoms with E-state index >= 15 is 0 Å². The Morgan fingerprint density at radius 1 is 1.50 bits per heavy atom. The number of nitrogens with zero attached hydrogens (tertiary/aromatic N) is 2. The molecular formula is C10H9BrFN3O. The summed E-state index contributed by atoms with van der Waals surface area (Å²) in [5.41, 5.74) is 6.10. The number of aryl methyl sites for hydroxylation is 1.